The van der Waals surface area contributed by atoms with E-state index in [1.54, 1.807) is 7.05 Å². The van der Waals surface area contributed by atoms with Crippen LogP contribution in [0.1, 0.15) is 12.8 Å². The highest BCUT2D eigenvalue weighted by Crippen LogP contribution is 2.28. The molecule has 0 saturated heterocycles. The summed E-state index contributed by atoms with van der Waals surface area (Å²) in [7, 11) is 3.03. The number of aliphatic hydroxyl groups excluding tert-OH is 1. The van der Waals surface area contributed by atoms with Crippen LogP contribution in [0.25, 0.3) is 0 Å². The summed E-state index contributed by atoms with van der Waals surface area (Å²) in [5.74, 6) is -0.0762. The molecule has 0 spiro atoms. The van der Waals surface area contributed by atoms with E-state index in [0.717, 1.165) is 0 Å². The van der Waals surface area contributed by atoms with Gasteiger partial charge in [-0.1, -0.05) is 0 Å². The third kappa shape index (κ3) is 1.70. The molecule has 1 fully saturated rings. The number of carbonyl (C=O) groups excluding carboxylic acids is 1. The Labute approximate surface area is 65.7 Å². The van der Waals surface area contributed by atoms with E-state index in [4.69, 9.17) is 9.94 Å². The molecule has 11 heavy (non-hydrogen) atoms. The van der Waals surface area contributed by atoms with Crippen LogP contribution < -0.4 is 0 Å². The molecule has 1 aliphatic rings. The van der Waals surface area contributed by atoms with Crippen LogP contribution in [0, 0.1) is 5.92 Å². The molecule has 0 aromatic rings. The molecular formula is C7H13NO3. The summed E-state index contributed by atoms with van der Waals surface area (Å²) in [5.41, 5.74) is 0. The number of amides is 1. The third-order valence-electron chi connectivity index (χ3n) is 2.05. The van der Waals surface area contributed by atoms with Crippen LogP contribution in [0.3, 0.4) is 0 Å². The van der Waals surface area contributed by atoms with Gasteiger partial charge in [0.15, 0.2) is 0 Å². The second-order valence-corrected chi connectivity index (χ2v) is 2.84. The lowest BCUT2D eigenvalue weighted by molar-refractivity contribution is -0.179. The first-order valence-corrected chi connectivity index (χ1v) is 3.65. The van der Waals surface area contributed by atoms with Gasteiger partial charge >= 0.3 is 0 Å². The number of hydroxylamine groups is 2. The lowest BCUT2D eigenvalue weighted by Crippen LogP contribution is -2.41. The predicted molar refractivity (Wildman–Crippen MR) is 38.5 cm³/mol. The Morgan fingerprint density at radius 2 is 2.18 bits per heavy atom. The van der Waals surface area contributed by atoms with Gasteiger partial charge in [-0.25, -0.2) is 5.06 Å². The van der Waals surface area contributed by atoms with Gasteiger partial charge in [0.1, 0.15) is 0 Å². The zero-order valence-electron chi connectivity index (χ0n) is 6.78. The lowest BCUT2D eigenvalue weighted by atomic mass is 9.82. The van der Waals surface area contributed by atoms with Crippen molar-refractivity contribution in [2.75, 3.05) is 14.2 Å². The van der Waals surface area contributed by atoms with Gasteiger partial charge in [0.05, 0.1) is 13.2 Å². The number of rotatable bonds is 2. The zero-order valence-corrected chi connectivity index (χ0v) is 6.78. The highest BCUT2D eigenvalue weighted by Gasteiger charge is 2.34. The number of hydrogen-bond acceptors (Lipinski definition) is 3. The maximum absolute atomic E-state index is 11.2. The molecule has 1 rings (SSSR count). The molecule has 1 saturated carbocycles. The molecule has 1 aliphatic carbocycles. The highest BCUT2D eigenvalue weighted by molar-refractivity contribution is 5.78. The normalized spacial score (nSPS) is 29.4. The minimum Gasteiger partial charge on any atom is -0.393 e. The number of carbonyl (C=O) groups is 1. The number of hydrogen-bond donors (Lipinski definition) is 1. The molecule has 0 heterocycles. The monoisotopic (exact) mass is 159 g/mol. The van der Waals surface area contributed by atoms with Gasteiger partial charge in [-0.05, 0) is 12.8 Å². The van der Waals surface area contributed by atoms with E-state index in [2.05, 4.69) is 0 Å². The summed E-state index contributed by atoms with van der Waals surface area (Å²) >= 11 is 0. The third-order valence-corrected chi connectivity index (χ3v) is 2.05. The smallest absolute Gasteiger partial charge is 0.249 e. The molecule has 0 aromatic heterocycles. The number of nitrogens with zero attached hydrogens (tertiary/aromatic N) is 1. The van der Waals surface area contributed by atoms with Crippen molar-refractivity contribution < 1.29 is 14.7 Å². The van der Waals surface area contributed by atoms with Crippen LogP contribution >= 0.6 is 0 Å². The van der Waals surface area contributed by atoms with Gasteiger partial charge in [0.25, 0.3) is 0 Å². The topological polar surface area (TPSA) is 49.8 Å². The summed E-state index contributed by atoms with van der Waals surface area (Å²) < 4.78 is 0. The lowest BCUT2D eigenvalue weighted by Gasteiger charge is -2.32. The second-order valence-electron chi connectivity index (χ2n) is 2.84. The van der Waals surface area contributed by atoms with Crippen LogP contribution in [0.2, 0.25) is 0 Å². The van der Waals surface area contributed by atoms with Gasteiger partial charge in [-0.15, -0.1) is 0 Å². The Bertz CT molecular complexity index is 154. The minimum absolute atomic E-state index is 0.0325. The highest BCUT2D eigenvalue weighted by atomic mass is 16.7. The standard InChI is InChI=1S/C7H13NO3/c1-8(11-2)7(10)5-3-6(9)4-5/h5-6,9H,3-4H2,1-2H3. The van der Waals surface area contributed by atoms with Crippen LogP contribution in [0.5, 0.6) is 0 Å². The summed E-state index contributed by atoms with van der Waals surface area (Å²) in [6.07, 6.45) is 0.869. The number of aliphatic hydroxyl groups is 1. The predicted octanol–water partition coefficient (Wildman–Crippen LogP) is -0.223. The van der Waals surface area contributed by atoms with Crippen molar-refractivity contribution in [2.24, 2.45) is 5.92 Å². The second kappa shape index (κ2) is 3.19. The maximum Gasteiger partial charge on any atom is 0.249 e. The first-order valence-electron chi connectivity index (χ1n) is 3.65. The van der Waals surface area contributed by atoms with E-state index in [9.17, 15) is 4.79 Å². The molecule has 1 N–H and O–H groups in total. The van der Waals surface area contributed by atoms with Crippen molar-refractivity contribution in [1.82, 2.24) is 5.06 Å². The molecule has 0 aromatic carbocycles. The molecule has 0 unspecified atom stereocenters. The molecule has 0 bridgehead atoms. The van der Waals surface area contributed by atoms with Gasteiger partial charge < -0.3 is 5.11 Å². The van der Waals surface area contributed by atoms with Crippen LogP contribution in [-0.2, 0) is 9.63 Å². The van der Waals surface area contributed by atoms with Crippen molar-refractivity contribution in [2.45, 2.75) is 18.9 Å². The first-order chi connectivity index (χ1) is 5.15. The van der Waals surface area contributed by atoms with E-state index in [1.807, 2.05) is 0 Å². The van der Waals surface area contributed by atoms with Gasteiger partial charge in [-0.2, -0.15) is 0 Å². The minimum atomic E-state index is -0.283. The van der Waals surface area contributed by atoms with E-state index >= 15 is 0 Å². The largest absolute Gasteiger partial charge is 0.393 e. The Hall–Kier alpha value is -0.610. The average molecular weight is 159 g/mol. The SMILES string of the molecule is CON(C)C(=O)C1CC(O)C1. The molecule has 0 atom stereocenters. The van der Waals surface area contributed by atoms with E-state index in [0.29, 0.717) is 12.8 Å². The van der Waals surface area contributed by atoms with Crippen molar-refractivity contribution in [1.29, 1.82) is 0 Å². The van der Waals surface area contributed by atoms with E-state index in [-0.39, 0.29) is 17.9 Å². The molecule has 64 valence electrons. The van der Waals surface area contributed by atoms with Crippen LogP contribution in [-0.4, -0.2) is 36.3 Å². The van der Waals surface area contributed by atoms with Gasteiger partial charge in [-0.3, -0.25) is 9.63 Å². The van der Waals surface area contributed by atoms with Crippen molar-refractivity contribution in [3.05, 3.63) is 0 Å². The Balaban J connectivity index is 2.31. The van der Waals surface area contributed by atoms with Crippen LogP contribution in [0.15, 0.2) is 0 Å². The molecular weight excluding hydrogens is 146 g/mol. The van der Waals surface area contributed by atoms with Crippen molar-refractivity contribution >= 4 is 5.91 Å². The quantitative estimate of drug-likeness (QED) is 0.566. The molecule has 0 aliphatic heterocycles. The van der Waals surface area contributed by atoms with E-state index in [1.165, 1.54) is 12.2 Å². The maximum atomic E-state index is 11.2. The summed E-state index contributed by atoms with van der Waals surface area (Å²) in [4.78, 5) is 15.9. The molecule has 4 nitrogen and oxygen atoms in total. The van der Waals surface area contributed by atoms with Gasteiger partial charge in [0, 0.05) is 13.0 Å². The summed E-state index contributed by atoms with van der Waals surface area (Å²) in [6.45, 7) is 0. The zero-order chi connectivity index (χ0) is 8.43. The summed E-state index contributed by atoms with van der Waals surface area (Å²) in [5, 5.41) is 10.1. The fourth-order valence-corrected chi connectivity index (χ4v) is 1.14. The molecule has 1 amide bonds. The van der Waals surface area contributed by atoms with Crippen LogP contribution in [0.4, 0.5) is 0 Å². The first kappa shape index (κ1) is 8.49. The van der Waals surface area contributed by atoms with Crippen molar-refractivity contribution in [3.8, 4) is 0 Å². The average Bonchev–Trinajstić information content (AvgIpc) is 1.96. The molecule has 4 heteroatoms. The van der Waals surface area contributed by atoms with Gasteiger partial charge in [0.2, 0.25) is 5.91 Å². The Morgan fingerprint density at radius 3 is 2.55 bits per heavy atom. The Kier molecular flexibility index (Phi) is 2.46. The summed E-state index contributed by atoms with van der Waals surface area (Å²) in [6, 6.07) is 0. The van der Waals surface area contributed by atoms with Crippen molar-refractivity contribution in [3.63, 3.8) is 0 Å². The Morgan fingerprint density at radius 1 is 1.64 bits per heavy atom. The molecule has 0 radical (unpaired) electrons. The fourth-order valence-electron chi connectivity index (χ4n) is 1.14. The fraction of sp³-hybridized carbons (Fsp3) is 0.857. The van der Waals surface area contributed by atoms with E-state index < -0.39 is 0 Å².